The minimum atomic E-state index is -0.145. The van der Waals surface area contributed by atoms with Gasteiger partial charge in [0.1, 0.15) is 40.4 Å². The summed E-state index contributed by atoms with van der Waals surface area (Å²) in [5.74, 6) is 2.66. The highest BCUT2D eigenvalue weighted by Gasteiger charge is 2.37. The lowest BCUT2D eigenvalue weighted by Gasteiger charge is -2.31. The number of nitrogens with two attached hydrogens (primary N) is 1. The Morgan fingerprint density at radius 1 is 0.765 bits per heavy atom. The van der Waals surface area contributed by atoms with E-state index in [1.807, 2.05) is 29.3 Å². The SMILES string of the molecule is CCc1c(-c2cc(Nc3ccn[nH]3)c(=O)n(C)c2)ccnc1N1CCn2c(cc3c2CC(C)(C)C3)C1=O.Cn1cc(Br)cc(Br)c1=O.Cn1cc(Br)cc(Nc2ccn[nH]2)c1=O.NC1=NCC=C1. The molecule has 1 aliphatic carbocycles. The van der Waals surface area contributed by atoms with E-state index in [1.54, 1.807) is 87.0 Å². The number of aliphatic imine (C=N–C) groups is 1. The van der Waals surface area contributed by atoms with Crippen LogP contribution in [0.1, 0.15) is 48.1 Å². The average Bonchev–Trinajstić information content (AvgIpc) is 4.17. The Bertz CT molecular complexity index is 3170. The number of carbonyl (C=O) groups is 1. The molecular formula is C47H51Br3N14O4. The first-order valence-electron chi connectivity index (χ1n) is 21.5. The number of amidine groups is 1. The van der Waals surface area contributed by atoms with Crippen LogP contribution in [-0.4, -0.2) is 68.5 Å². The van der Waals surface area contributed by atoms with E-state index >= 15 is 0 Å². The van der Waals surface area contributed by atoms with Gasteiger partial charge < -0.3 is 34.6 Å². The van der Waals surface area contributed by atoms with Crippen molar-refractivity contribution in [3.63, 3.8) is 0 Å². The molecule has 7 aromatic rings. The van der Waals surface area contributed by atoms with E-state index in [1.165, 1.54) is 20.4 Å². The van der Waals surface area contributed by atoms with Gasteiger partial charge in [0.15, 0.2) is 0 Å². The second kappa shape index (κ2) is 21.2. The molecule has 0 unspecified atom stereocenters. The number of aromatic nitrogens is 9. The topological polar surface area (TPSA) is 224 Å². The Morgan fingerprint density at radius 2 is 1.38 bits per heavy atom. The van der Waals surface area contributed by atoms with Crippen LogP contribution < -0.4 is 37.9 Å². The van der Waals surface area contributed by atoms with E-state index in [-0.39, 0.29) is 28.0 Å². The maximum atomic E-state index is 13.7. The summed E-state index contributed by atoms with van der Waals surface area (Å²) in [6.45, 7) is 8.76. The molecule has 68 heavy (non-hydrogen) atoms. The van der Waals surface area contributed by atoms with Crippen molar-refractivity contribution in [2.24, 2.45) is 37.3 Å². The van der Waals surface area contributed by atoms with Crippen LogP contribution in [0, 0.1) is 5.41 Å². The van der Waals surface area contributed by atoms with Crippen molar-refractivity contribution < 1.29 is 4.79 Å². The van der Waals surface area contributed by atoms with Crippen molar-refractivity contribution in [1.82, 2.24) is 43.6 Å². The highest BCUT2D eigenvalue weighted by molar-refractivity contribution is 9.11. The summed E-state index contributed by atoms with van der Waals surface area (Å²) in [6, 6.07) is 12.9. The normalized spacial score (nSPS) is 14.1. The molecular weight excluding hydrogens is 1060 g/mol. The molecule has 21 heteroatoms. The molecule has 7 aromatic heterocycles. The molecule has 0 spiro atoms. The lowest BCUT2D eigenvalue weighted by molar-refractivity contribution is 0.0963. The van der Waals surface area contributed by atoms with Gasteiger partial charge in [-0.15, -0.1) is 0 Å². The van der Waals surface area contributed by atoms with Crippen LogP contribution in [0.5, 0.6) is 0 Å². The number of H-pyrrole nitrogens is 2. The van der Waals surface area contributed by atoms with Gasteiger partial charge in [-0.2, -0.15) is 10.2 Å². The number of aromatic amines is 2. The number of anilines is 5. The Kier molecular flexibility index (Phi) is 15.3. The predicted octanol–water partition coefficient (Wildman–Crippen LogP) is 7.50. The number of amides is 1. The summed E-state index contributed by atoms with van der Waals surface area (Å²) in [6.07, 6.45) is 16.7. The lowest BCUT2D eigenvalue weighted by Crippen LogP contribution is -2.41. The average molecular weight is 1120 g/mol. The molecule has 0 bridgehead atoms. The zero-order valence-corrected chi connectivity index (χ0v) is 43.0. The summed E-state index contributed by atoms with van der Waals surface area (Å²) in [7, 11) is 5.14. The van der Waals surface area contributed by atoms with E-state index < -0.39 is 0 Å². The molecule has 6 N–H and O–H groups in total. The smallest absolute Gasteiger partial charge is 0.276 e. The number of fused-ring (bicyclic) bond motifs is 3. The standard InChI is InChI=1S/C28H31N7O2.C9H9BrN4O.C6H5Br2NO.C4H6N2/c1-5-19-20(18-12-21(26(36)33(4)16-18)31-24-7-9-30-32-24)6-8-29-25(19)35-11-10-34-22(27(35)37)13-17-14-28(2,3)15-23(17)34;1-14-5-6(10)4-7(9(14)15)12-8-2-3-11-13-8;1-9-3-4(7)2-5(8)6(9)10;5-4-2-1-3-6-4/h6-9,12-13,16H,5,10-11,14-15H2,1-4H3,(H2,30,31,32);2-5H,1H3,(H2,11,12,13);2-3H,1H3;1-2H,3H2,(H2,5,6). The molecule has 9 heterocycles. The third kappa shape index (κ3) is 11.4. The molecule has 2 aliphatic heterocycles. The fourth-order valence-corrected chi connectivity index (χ4v) is 10.0. The third-order valence-electron chi connectivity index (χ3n) is 11.2. The van der Waals surface area contributed by atoms with Crippen LogP contribution in [0.2, 0.25) is 0 Å². The van der Waals surface area contributed by atoms with Gasteiger partial charge in [0, 0.05) is 96.9 Å². The van der Waals surface area contributed by atoms with Crippen molar-refractivity contribution in [3.05, 3.63) is 159 Å². The van der Waals surface area contributed by atoms with Gasteiger partial charge in [-0.1, -0.05) is 26.8 Å². The molecule has 0 atom stereocenters. The van der Waals surface area contributed by atoms with Crippen LogP contribution >= 0.6 is 47.8 Å². The number of nitrogens with zero attached hydrogens (tertiary/aromatic N) is 9. The monoisotopic (exact) mass is 1110 g/mol. The van der Waals surface area contributed by atoms with Crippen molar-refractivity contribution in [2.75, 3.05) is 28.6 Å². The Morgan fingerprint density at radius 3 is 1.94 bits per heavy atom. The minimum absolute atomic E-state index is 0.000122. The summed E-state index contributed by atoms with van der Waals surface area (Å²) in [5, 5.41) is 19.4. The van der Waals surface area contributed by atoms with E-state index in [9.17, 15) is 19.2 Å². The first-order valence-corrected chi connectivity index (χ1v) is 23.9. The van der Waals surface area contributed by atoms with Gasteiger partial charge >= 0.3 is 0 Å². The highest BCUT2D eigenvalue weighted by Crippen LogP contribution is 2.40. The van der Waals surface area contributed by atoms with Crippen LogP contribution in [0.3, 0.4) is 0 Å². The summed E-state index contributed by atoms with van der Waals surface area (Å²) >= 11 is 9.72. The number of hydrogen-bond donors (Lipinski definition) is 5. The van der Waals surface area contributed by atoms with Gasteiger partial charge in [-0.05, 0) is 120 Å². The van der Waals surface area contributed by atoms with Crippen molar-refractivity contribution >= 4 is 88.4 Å². The number of aryl methyl sites for hydroxylation is 3. The van der Waals surface area contributed by atoms with E-state index in [0.717, 1.165) is 57.3 Å². The van der Waals surface area contributed by atoms with E-state index in [4.69, 9.17) is 10.7 Å². The second-order valence-corrected chi connectivity index (χ2v) is 19.7. The first-order chi connectivity index (χ1) is 32.4. The third-order valence-corrected chi connectivity index (χ3v) is 12.7. The first kappa shape index (κ1) is 49.3. The minimum Gasteiger partial charge on any atom is -0.384 e. The number of pyridine rings is 4. The summed E-state index contributed by atoms with van der Waals surface area (Å²) in [4.78, 5) is 59.6. The Balaban J connectivity index is 0.000000178. The van der Waals surface area contributed by atoms with Crippen LogP contribution in [0.25, 0.3) is 11.1 Å². The molecule has 3 aliphatic rings. The zero-order valence-electron chi connectivity index (χ0n) is 38.3. The molecule has 10 rings (SSSR count). The fraction of sp³-hybridized carbons (Fsp3) is 0.277. The zero-order chi connectivity index (χ0) is 48.9. The number of carbonyl (C=O) groups excluding carboxylic acids is 1. The second-order valence-electron chi connectivity index (χ2n) is 17.0. The van der Waals surface area contributed by atoms with E-state index in [0.29, 0.717) is 52.1 Å². The molecule has 0 saturated carbocycles. The fourth-order valence-electron chi connectivity index (χ4n) is 8.11. The molecule has 18 nitrogen and oxygen atoms in total. The van der Waals surface area contributed by atoms with Crippen molar-refractivity contribution in [1.29, 1.82) is 0 Å². The summed E-state index contributed by atoms with van der Waals surface area (Å²) in [5.41, 5.74) is 12.3. The molecule has 0 fully saturated rings. The highest BCUT2D eigenvalue weighted by atomic mass is 79.9. The van der Waals surface area contributed by atoms with Gasteiger partial charge in [-0.25, -0.2) is 4.98 Å². The quantitative estimate of drug-likeness (QED) is 0.106. The largest absolute Gasteiger partial charge is 0.384 e. The van der Waals surface area contributed by atoms with Crippen molar-refractivity contribution in [3.8, 4) is 11.1 Å². The van der Waals surface area contributed by atoms with Gasteiger partial charge in [0.25, 0.3) is 22.6 Å². The van der Waals surface area contributed by atoms with E-state index in [2.05, 4.69) is 115 Å². The van der Waals surface area contributed by atoms with Gasteiger partial charge in [0.05, 0.1) is 23.4 Å². The predicted molar refractivity (Wildman–Crippen MR) is 277 cm³/mol. The molecule has 354 valence electrons. The maximum absolute atomic E-state index is 13.7. The van der Waals surface area contributed by atoms with Gasteiger partial charge in [-0.3, -0.25) is 39.3 Å². The number of nitrogens with one attached hydrogen (secondary N) is 4. The molecule has 1 amide bonds. The van der Waals surface area contributed by atoms with Crippen LogP contribution in [-0.2, 0) is 47.0 Å². The number of rotatable bonds is 7. The number of hydrogen-bond acceptors (Lipinski definition) is 11. The van der Waals surface area contributed by atoms with Crippen LogP contribution in [0.4, 0.5) is 28.8 Å². The maximum Gasteiger partial charge on any atom is 0.276 e. The Hall–Kier alpha value is -6.58. The summed E-state index contributed by atoms with van der Waals surface area (Å²) < 4.78 is 9.10. The van der Waals surface area contributed by atoms with Crippen molar-refractivity contribution in [2.45, 2.75) is 46.6 Å². The number of halogens is 3. The molecule has 0 radical (unpaired) electrons. The lowest BCUT2D eigenvalue weighted by atomic mass is 9.90. The molecule has 0 aromatic carbocycles. The van der Waals surface area contributed by atoms with Gasteiger partial charge in [0.2, 0.25) is 0 Å². The molecule has 0 saturated heterocycles. The van der Waals surface area contributed by atoms with Crippen LogP contribution in [0.15, 0.2) is 125 Å². The Labute approximate surface area is 416 Å².